The molecule has 1 aliphatic heterocycles. The number of rotatable bonds is 5. The summed E-state index contributed by atoms with van der Waals surface area (Å²) < 4.78 is 23.2. The predicted molar refractivity (Wildman–Crippen MR) is 100 cm³/mol. The van der Waals surface area contributed by atoms with E-state index < -0.39 is 9.84 Å². The fourth-order valence-electron chi connectivity index (χ4n) is 2.79. The minimum atomic E-state index is -2.89. The zero-order valence-corrected chi connectivity index (χ0v) is 15.9. The Morgan fingerprint density at radius 1 is 1.29 bits per heavy atom. The Morgan fingerprint density at radius 3 is 2.50 bits per heavy atom. The first-order chi connectivity index (χ1) is 11.2. The van der Waals surface area contributed by atoms with Crippen LogP contribution in [0.25, 0.3) is 0 Å². The Balaban J connectivity index is 2.05. The molecule has 1 atom stereocenters. The summed E-state index contributed by atoms with van der Waals surface area (Å²) in [5.74, 6) is 1.15. The fourth-order valence-corrected chi connectivity index (χ4v) is 4.47. The van der Waals surface area contributed by atoms with Gasteiger partial charge in [-0.3, -0.25) is 4.99 Å². The molecule has 5 nitrogen and oxygen atoms in total. The van der Waals surface area contributed by atoms with Crippen molar-refractivity contribution in [1.82, 2.24) is 10.6 Å². The number of guanidine groups is 1. The number of aliphatic imine (C=N–C) groups is 1. The highest BCUT2D eigenvalue weighted by atomic mass is 32.2. The van der Waals surface area contributed by atoms with Gasteiger partial charge < -0.3 is 10.6 Å². The molecule has 2 rings (SSSR count). The largest absolute Gasteiger partial charge is 0.357 e. The molecule has 0 spiro atoms. The highest BCUT2D eigenvalue weighted by Gasteiger charge is 2.28. The molecular formula is C18H29N3O2S. The normalized spacial score (nSPS) is 20.8. The molecule has 2 N–H and O–H groups in total. The van der Waals surface area contributed by atoms with E-state index in [0.717, 1.165) is 6.54 Å². The van der Waals surface area contributed by atoms with Crippen LogP contribution in [0.5, 0.6) is 0 Å². The van der Waals surface area contributed by atoms with Crippen molar-refractivity contribution < 1.29 is 8.42 Å². The van der Waals surface area contributed by atoms with Gasteiger partial charge in [-0.1, -0.05) is 43.7 Å². The van der Waals surface area contributed by atoms with Crippen LogP contribution in [0.4, 0.5) is 0 Å². The second-order valence-corrected chi connectivity index (χ2v) is 9.42. The average molecular weight is 352 g/mol. The standard InChI is InChI=1S/C18H29N3O2S/c1-5-19-17(21-16-10-11-24(22,23)12-16)20-13-18(3,4)15-8-6-14(2)7-9-15/h6-9,16H,5,10-13H2,1-4H3,(H2,19,20,21). The summed E-state index contributed by atoms with van der Waals surface area (Å²) >= 11 is 0. The molecule has 1 aliphatic rings. The summed E-state index contributed by atoms with van der Waals surface area (Å²) in [6, 6.07) is 8.49. The van der Waals surface area contributed by atoms with Crippen molar-refractivity contribution in [3.05, 3.63) is 35.4 Å². The van der Waals surface area contributed by atoms with Crippen LogP contribution in [-0.2, 0) is 15.3 Å². The quantitative estimate of drug-likeness (QED) is 0.629. The Bertz CT molecular complexity index is 679. The summed E-state index contributed by atoms with van der Waals surface area (Å²) in [5.41, 5.74) is 2.41. The van der Waals surface area contributed by atoms with Crippen molar-refractivity contribution >= 4 is 15.8 Å². The van der Waals surface area contributed by atoms with Crippen LogP contribution >= 0.6 is 0 Å². The maximum atomic E-state index is 11.6. The van der Waals surface area contributed by atoms with Crippen LogP contribution in [0, 0.1) is 6.92 Å². The van der Waals surface area contributed by atoms with Crippen molar-refractivity contribution in [3.63, 3.8) is 0 Å². The average Bonchev–Trinajstić information content (AvgIpc) is 2.84. The molecule has 0 saturated carbocycles. The molecule has 0 bridgehead atoms. The lowest BCUT2D eigenvalue weighted by Crippen LogP contribution is -2.44. The number of aryl methyl sites for hydroxylation is 1. The van der Waals surface area contributed by atoms with Crippen molar-refractivity contribution in [1.29, 1.82) is 0 Å². The zero-order chi connectivity index (χ0) is 17.8. The van der Waals surface area contributed by atoms with E-state index in [0.29, 0.717) is 18.9 Å². The maximum Gasteiger partial charge on any atom is 0.191 e. The summed E-state index contributed by atoms with van der Waals surface area (Å²) in [6.45, 7) is 9.81. The van der Waals surface area contributed by atoms with Gasteiger partial charge in [0.05, 0.1) is 18.1 Å². The van der Waals surface area contributed by atoms with Gasteiger partial charge in [-0.05, 0) is 25.8 Å². The van der Waals surface area contributed by atoms with Crippen molar-refractivity contribution in [3.8, 4) is 0 Å². The second kappa shape index (κ2) is 7.55. The molecule has 1 aromatic rings. The van der Waals surface area contributed by atoms with Crippen LogP contribution in [0.2, 0.25) is 0 Å². The van der Waals surface area contributed by atoms with Gasteiger partial charge in [-0.25, -0.2) is 8.42 Å². The Hall–Kier alpha value is -1.56. The number of hydrogen-bond donors (Lipinski definition) is 2. The third-order valence-electron chi connectivity index (χ3n) is 4.38. The second-order valence-electron chi connectivity index (χ2n) is 7.19. The Morgan fingerprint density at radius 2 is 1.96 bits per heavy atom. The molecule has 0 aliphatic carbocycles. The first-order valence-electron chi connectivity index (χ1n) is 8.54. The van der Waals surface area contributed by atoms with Gasteiger partial charge in [0.25, 0.3) is 0 Å². The number of sulfone groups is 1. The van der Waals surface area contributed by atoms with E-state index in [4.69, 9.17) is 4.99 Å². The van der Waals surface area contributed by atoms with Gasteiger partial charge in [-0.2, -0.15) is 0 Å². The monoisotopic (exact) mass is 351 g/mol. The van der Waals surface area contributed by atoms with Crippen molar-refractivity contribution in [2.75, 3.05) is 24.6 Å². The van der Waals surface area contributed by atoms with Crippen LogP contribution in [0.3, 0.4) is 0 Å². The molecule has 0 aromatic heterocycles. The summed E-state index contributed by atoms with van der Waals surface area (Å²) in [5, 5.41) is 6.48. The van der Waals surface area contributed by atoms with Gasteiger partial charge in [0.2, 0.25) is 0 Å². The van der Waals surface area contributed by atoms with Crippen molar-refractivity contribution in [2.24, 2.45) is 4.99 Å². The van der Waals surface area contributed by atoms with E-state index in [1.807, 2.05) is 6.92 Å². The molecule has 1 aromatic carbocycles. The number of benzene rings is 1. The topological polar surface area (TPSA) is 70.6 Å². The summed E-state index contributed by atoms with van der Waals surface area (Å²) in [6.07, 6.45) is 0.647. The molecule has 134 valence electrons. The van der Waals surface area contributed by atoms with Crippen LogP contribution in [0.1, 0.15) is 38.3 Å². The smallest absolute Gasteiger partial charge is 0.191 e. The number of nitrogens with one attached hydrogen (secondary N) is 2. The number of hydrogen-bond acceptors (Lipinski definition) is 3. The fraction of sp³-hybridized carbons (Fsp3) is 0.611. The van der Waals surface area contributed by atoms with E-state index in [2.05, 4.69) is 55.7 Å². The molecule has 0 radical (unpaired) electrons. The van der Waals surface area contributed by atoms with E-state index in [1.165, 1.54) is 11.1 Å². The summed E-state index contributed by atoms with van der Waals surface area (Å²) in [4.78, 5) is 4.69. The molecule has 1 unspecified atom stereocenters. The molecular weight excluding hydrogens is 322 g/mol. The molecule has 1 fully saturated rings. The summed E-state index contributed by atoms with van der Waals surface area (Å²) in [7, 11) is -2.89. The van der Waals surface area contributed by atoms with Crippen LogP contribution < -0.4 is 10.6 Å². The van der Waals surface area contributed by atoms with E-state index in [1.54, 1.807) is 0 Å². The highest BCUT2D eigenvalue weighted by Crippen LogP contribution is 2.23. The van der Waals surface area contributed by atoms with E-state index in [9.17, 15) is 8.42 Å². The maximum absolute atomic E-state index is 11.6. The lowest BCUT2D eigenvalue weighted by molar-refractivity contribution is 0.535. The van der Waals surface area contributed by atoms with Crippen molar-refractivity contribution in [2.45, 2.75) is 45.6 Å². The number of nitrogens with zero attached hydrogens (tertiary/aromatic N) is 1. The molecule has 0 amide bonds. The third kappa shape index (κ3) is 5.23. The Kier molecular flexibility index (Phi) is 5.91. The van der Waals surface area contributed by atoms with Gasteiger partial charge in [0.1, 0.15) is 0 Å². The van der Waals surface area contributed by atoms with Crippen LogP contribution in [-0.4, -0.2) is 45.0 Å². The van der Waals surface area contributed by atoms with Crippen LogP contribution in [0.15, 0.2) is 29.3 Å². The first kappa shape index (κ1) is 18.8. The highest BCUT2D eigenvalue weighted by molar-refractivity contribution is 7.91. The minimum Gasteiger partial charge on any atom is -0.357 e. The molecule has 1 saturated heterocycles. The Labute approximate surface area is 145 Å². The molecule has 1 heterocycles. The van der Waals surface area contributed by atoms with E-state index >= 15 is 0 Å². The SMILES string of the molecule is CCNC(=NCC(C)(C)c1ccc(C)cc1)NC1CCS(=O)(=O)C1. The molecule has 6 heteroatoms. The lowest BCUT2D eigenvalue weighted by Gasteiger charge is -2.24. The van der Waals surface area contributed by atoms with Gasteiger partial charge >= 0.3 is 0 Å². The van der Waals surface area contributed by atoms with Gasteiger partial charge in [0, 0.05) is 18.0 Å². The van der Waals surface area contributed by atoms with Gasteiger partial charge in [0.15, 0.2) is 15.8 Å². The molecule has 24 heavy (non-hydrogen) atoms. The lowest BCUT2D eigenvalue weighted by atomic mass is 9.84. The first-order valence-corrected chi connectivity index (χ1v) is 10.4. The predicted octanol–water partition coefficient (Wildman–Crippen LogP) is 2.01. The van der Waals surface area contributed by atoms with Gasteiger partial charge in [-0.15, -0.1) is 0 Å². The zero-order valence-electron chi connectivity index (χ0n) is 15.1. The van der Waals surface area contributed by atoms with E-state index in [-0.39, 0.29) is 23.0 Å². The minimum absolute atomic E-state index is 0.0460. The third-order valence-corrected chi connectivity index (χ3v) is 6.15.